The Morgan fingerprint density at radius 3 is 2.64 bits per heavy atom. The van der Waals surface area contributed by atoms with Gasteiger partial charge in [-0.05, 0) is 35.9 Å². The van der Waals surface area contributed by atoms with Crippen LogP contribution in [-0.2, 0) is 4.79 Å². The number of rotatable bonds is 5. The van der Waals surface area contributed by atoms with Gasteiger partial charge in [0.2, 0.25) is 0 Å². The lowest BCUT2D eigenvalue weighted by Gasteiger charge is -2.12. The van der Waals surface area contributed by atoms with Crippen LogP contribution in [0, 0.1) is 17.1 Å². The second kappa shape index (κ2) is 7.94. The Labute approximate surface area is 165 Å². The van der Waals surface area contributed by atoms with E-state index in [4.69, 9.17) is 27.8 Å². The van der Waals surface area contributed by atoms with Crippen LogP contribution < -0.4 is 16.2 Å². The van der Waals surface area contributed by atoms with Crippen LogP contribution in [0.25, 0.3) is 22.4 Å². The summed E-state index contributed by atoms with van der Waals surface area (Å²) < 4.78 is 18.8. The van der Waals surface area contributed by atoms with Crippen molar-refractivity contribution < 1.29 is 13.9 Å². The highest BCUT2D eigenvalue weighted by atomic mass is 35.5. The maximum atomic E-state index is 13.6. The van der Waals surface area contributed by atoms with Gasteiger partial charge in [-0.25, -0.2) is 9.37 Å². The number of aromatic nitrogens is 1. The largest absolute Gasteiger partial charge is 0.482 e. The fourth-order valence-corrected chi connectivity index (χ4v) is 2.88. The number of anilines is 1. The topological polar surface area (TPSA) is 115 Å². The molecule has 0 saturated heterocycles. The minimum Gasteiger partial charge on any atom is -0.482 e. The van der Waals surface area contributed by atoms with Gasteiger partial charge in [0.1, 0.15) is 29.0 Å². The number of nitrogens with two attached hydrogens (primary N) is 2. The van der Waals surface area contributed by atoms with Crippen molar-refractivity contribution in [2.45, 2.75) is 0 Å². The first-order valence-corrected chi connectivity index (χ1v) is 8.44. The molecule has 0 spiro atoms. The van der Waals surface area contributed by atoms with E-state index >= 15 is 0 Å². The van der Waals surface area contributed by atoms with E-state index in [1.807, 2.05) is 6.07 Å². The molecule has 0 aliphatic carbocycles. The van der Waals surface area contributed by atoms with E-state index in [1.165, 1.54) is 12.1 Å². The first kappa shape index (κ1) is 19.1. The van der Waals surface area contributed by atoms with Gasteiger partial charge in [0.05, 0.1) is 10.7 Å². The van der Waals surface area contributed by atoms with Crippen molar-refractivity contribution in [3.63, 3.8) is 0 Å². The molecular formula is C20H14ClFN4O2. The van der Waals surface area contributed by atoms with Crippen LogP contribution in [0.1, 0.15) is 5.56 Å². The van der Waals surface area contributed by atoms with Gasteiger partial charge in [-0.2, -0.15) is 5.26 Å². The van der Waals surface area contributed by atoms with E-state index in [-0.39, 0.29) is 28.8 Å². The van der Waals surface area contributed by atoms with Crippen LogP contribution in [0.15, 0.2) is 48.5 Å². The fourth-order valence-electron chi connectivity index (χ4n) is 2.64. The lowest BCUT2D eigenvalue weighted by Crippen LogP contribution is -2.20. The summed E-state index contributed by atoms with van der Waals surface area (Å²) in [5, 5.41) is 9.72. The summed E-state index contributed by atoms with van der Waals surface area (Å²) in [6.45, 7) is -0.311. The van der Waals surface area contributed by atoms with Crippen LogP contribution in [-0.4, -0.2) is 17.5 Å². The Kier molecular flexibility index (Phi) is 5.43. The summed E-state index contributed by atoms with van der Waals surface area (Å²) in [6, 6.07) is 14.3. The molecule has 8 heteroatoms. The molecule has 4 N–H and O–H groups in total. The molecule has 0 aliphatic heterocycles. The first-order chi connectivity index (χ1) is 13.4. The molecule has 0 atom stereocenters. The monoisotopic (exact) mass is 396 g/mol. The summed E-state index contributed by atoms with van der Waals surface area (Å²) in [7, 11) is 0. The number of nitriles is 1. The van der Waals surface area contributed by atoms with Crippen molar-refractivity contribution in [3.05, 3.63) is 64.9 Å². The zero-order valence-electron chi connectivity index (χ0n) is 14.4. The third-order valence-corrected chi connectivity index (χ3v) is 4.19. The molecule has 1 heterocycles. The van der Waals surface area contributed by atoms with Gasteiger partial charge in [-0.1, -0.05) is 29.8 Å². The Hall–Kier alpha value is -3.63. The Balaban J connectivity index is 2.09. The van der Waals surface area contributed by atoms with Gasteiger partial charge in [-0.15, -0.1) is 0 Å². The van der Waals surface area contributed by atoms with Gasteiger partial charge in [0.25, 0.3) is 5.91 Å². The molecule has 0 saturated carbocycles. The third-order valence-electron chi connectivity index (χ3n) is 3.89. The van der Waals surface area contributed by atoms with Crippen molar-refractivity contribution in [2.75, 3.05) is 12.3 Å². The number of hydrogen-bond acceptors (Lipinski definition) is 5. The Morgan fingerprint density at radius 2 is 2.00 bits per heavy atom. The average molecular weight is 397 g/mol. The molecule has 3 aromatic rings. The van der Waals surface area contributed by atoms with Gasteiger partial charge < -0.3 is 16.2 Å². The summed E-state index contributed by atoms with van der Waals surface area (Å²) in [5.41, 5.74) is 13.2. The summed E-state index contributed by atoms with van der Waals surface area (Å²) in [5.74, 6) is -0.754. The minimum atomic E-state index is -0.631. The number of primary amides is 1. The van der Waals surface area contributed by atoms with Crippen LogP contribution >= 0.6 is 11.6 Å². The Bertz CT molecular complexity index is 1110. The first-order valence-electron chi connectivity index (χ1n) is 8.06. The second-order valence-electron chi connectivity index (χ2n) is 5.84. The molecule has 0 unspecified atom stereocenters. The lowest BCUT2D eigenvalue weighted by molar-refractivity contribution is -0.119. The summed E-state index contributed by atoms with van der Waals surface area (Å²) >= 11 is 6.22. The number of nitrogen functional groups attached to an aromatic ring is 1. The number of benzene rings is 2. The quantitative estimate of drug-likeness (QED) is 0.684. The predicted molar refractivity (Wildman–Crippen MR) is 104 cm³/mol. The van der Waals surface area contributed by atoms with E-state index in [2.05, 4.69) is 4.98 Å². The molecule has 6 nitrogen and oxygen atoms in total. The van der Waals surface area contributed by atoms with E-state index in [0.717, 1.165) is 0 Å². The smallest absolute Gasteiger partial charge is 0.255 e. The van der Waals surface area contributed by atoms with Gasteiger partial charge in [0, 0.05) is 11.1 Å². The number of ether oxygens (including phenoxy) is 1. The molecule has 3 rings (SSSR count). The molecule has 0 aliphatic rings. The number of pyridine rings is 1. The predicted octanol–water partition coefficient (Wildman–Crippen LogP) is 3.53. The standard InChI is InChI=1S/C20H14ClFN4O2/c21-16-7-11(4-5-18(16)28-10-19(24)27)14-8-17(26-20(25)15(14)9-23)12-2-1-3-13(22)6-12/h1-8H,10H2,(H2,24,27)(H2,25,26). The SMILES string of the molecule is N#Cc1c(-c2ccc(OCC(N)=O)c(Cl)c2)cc(-c2cccc(F)c2)nc1N. The second-order valence-corrected chi connectivity index (χ2v) is 6.24. The number of carbonyl (C=O) groups excluding carboxylic acids is 1. The highest BCUT2D eigenvalue weighted by Crippen LogP contribution is 2.35. The van der Waals surface area contributed by atoms with Gasteiger partial charge in [0.15, 0.2) is 6.61 Å². The van der Waals surface area contributed by atoms with Crippen LogP contribution in [0.2, 0.25) is 5.02 Å². The number of carbonyl (C=O) groups is 1. The van der Waals surface area contributed by atoms with Crippen LogP contribution in [0.5, 0.6) is 5.75 Å². The van der Waals surface area contributed by atoms with E-state index in [0.29, 0.717) is 22.4 Å². The maximum Gasteiger partial charge on any atom is 0.255 e. The fraction of sp³-hybridized carbons (Fsp3) is 0.0500. The van der Waals surface area contributed by atoms with E-state index < -0.39 is 11.7 Å². The third kappa shape index (κ3) is 4.03. The highest BCUT2D eigenvalue weighted by Gasteiger charge is 2.15. The molecule has 1 aromatic heterocycles. The number of halogens is 2. The van der Waals surface area contributed by atoms with Gasteiger partial charge >= 0.3 is 0 Å². The summed E-state index contributed by atoms with van der Waals surface area (Å²) in [4.78, 5) is 15.1. The van der Waals surface area contributed by atoms with Gasteiger partial charge in [-0.3, -0.25) is 4.79 Å². The maximum absolute atomic E-state index is 13.6. The Morgan fingerprint density at radius 1 is 1.21 bits per heavy atom. The van der Waals surface area contributed by atoms with Crippen molar-refractivity contribution in [1.82, 2.24) is 4.98 Å². The van der Waals surface area contributed by atoms with Crippen LogP contribution in [0.3, 0.4) is 0 Å². The minimum absolute atomic E-state index is 0.0180. The summed E-state index contributed by atoms with van der Waals surface area (Å²) in [6.07, 6.45) is 0. The number of nitrogens with zero attached hydrogens (tertiary/aromatic N) is 2. The lowest BCUT2D eigenvalue weighted by atomic mass is 9.98. The molecule has 0 radical (unpaired) electrons. The van der Waals surface area contributed by atoms with Crippen molar-refractivity contribution in [2.24, 2.45) is 5.73 Å². The molecule has 0 fully saturated rings. The van der Waals surface area contributed by atoms with Crippen molar-refractivity contribution >= 4 is 23.3 Å². The molecule has 28 heavy (non-hydrogen) atoms. The van der Waals surface area contributed by atoms with Crippen LogP contribution in [0.4, 0.5) is 10.2 Å². The normalized spacial score (nSPS) is 10.3. The number of hydrogen-bond donors (Lipinski definition) is 2. The molecule has 2 aromatic carbocycles. The van der Waals surface area contributed by atoms with E-state index in [1.54, 1.807) is 36.4 Å². The average Bonchev–Trinajstić information content (AvgIpc) is 2.66. The molecular weight excluding hydrogens is 383 g/mol. The molecule has 140 valence electrons. The zero-order chi connectivity index (χ0) is 20.3. The highest BCUT2D eigenvalue weighted by molar-refractivity contribution is 6.32. The molecule has 1 amide bonds. The zero-order valence-corrected chi connectivity index (χ0v) is 15.2. The van der Waals surface area contributed by atoms with E-state index in [9.17, 15) is 14.4 Å². The van der Waals surface area contributed by atoms with Crippen molar-refractivity contribution in [1.29, 1.82) is 5.26 Å². The molecule has 0 bridgehead atoms. The van der Waals surface area contributed by atoms with Crippen molar-refractivity contribution in [3.8, 4) is 34.2 Å². The number of amides is 1.